The zero-order chi connectivity index (χ0) is 25.6. The van der Waals surface area contributed by atoms with Crippen LogP contribution in [0.2, 0.25) is 0 Å². The predicted molar refractivity (Wildman–Crippen MR) is 127 cm³/mol. The number of amides is 2. The van der Waals surface area contributed by atoms with Crippen molar-refractivity contribution in [2.24, 2.45) is 0 Å². The highest BCUT2D eigenvalue weighted by molar-refractivity contribution is 5.90. The Bertz CT molecular complexity index is 1210. The molecule has 0 radical (unpaired) electrons. The van der Waals surface area contributed by atoms with Gasteiger partial charge in [0.05, 0.1) is 11.0 Å². The van der Waals surface area contributed by atoms with Crippen molar-refractivity contribution in [2.45, 2.75) is 24.4 Å². The van der Waals surface area contributed by atoms with Gasteiger partial charge in [0, 0.05) is 18.8 Å². The average Bonchev–Trinajstić information content (AvgIpc) is 2.91. The lowest BCUT2D eigenvalue weighted by Gasteiger charge is -2.36. The third-order valence-electron chi connectivity index (χ3n) is 6.17. The summed E-state index contributed by atoms with van der Waals surface area (Å²) in [7, 11) is 0. The summed E-state index contributed by atoms with van der Waals surface area (Å²) in [6.45, 7) is 0.0395. The molecule has 188 valence electrons. The number of alkyl halides is 3. The fourth-order valence-corrected chi connectivity index (χ4v) is 4.23. The number of carbonyl (C=O) groups is 2. The zero-order valence-electron chi connectivity index (χ0n) is 19.3. The van der Waals surface area contributed by atoms with E-state index < -0.39 is 29.0 Å². The van der Waals surface area contributed by atoms with Gasteiger partial charge in [-0.1, -0.05) is 66.7 Å². The molecule has 9 heteroatoms. The van der Waals surface area contributed by atoms with Crippen molar-refractivity contribution in [1.82, 2.24) is 10.9 Å². The Labute approximate surface area is 206 Å². The van der Waals surface area contributed by atoms with Crippen molar-refractivity contribution in [2.75, 3.05) is 19.8 Å². The Morgan fingerprint density at radius 3 is 2.31 bits per heavy atom. The minimum atomic E-state index is -4.54. The molecule has 0 aliphatic carbocycles. The van der Waals surface area contributed by atoms with Crippen LogP contribution >= 0.6 is 0 Å². The van der Waals surface area contributed by atoms with Gasteiger partial charge >= 0.3 is 6.18 Å². The van der Waals surface area contributed by atoms with Crippen LogP contribution in [-0.2, 0) is 25.9 Å². The Morgan fingerprint density at radius 2 is 1.58 bits per heavy atom. The van der Waals surface area contributed by atoms with Crippen LogP contribution in [0.4, 0.5) is 13.2 Å². The van der Waals surface area contributed by atoms with E-state index in [4.69, 9.17) is 9.47 Å². The minimum Gasteiger partial charge on any atom is -0.483 e. The number of nitrogens with one attached hydrogen (secondary N) is 2. The number of para-hydroxylation sites is 1. The van der Waals surface area contributed by atoms with Crippen LogP contribution in [0.5, 0.6) is 5.75 Å². The summed E-state index contributed by atoms with van der Waals surface area (Å²) in [5.74, 6) is -0.726. The number of benzene rings is 3. The van der Waals surface area contributed by atoms with E-state index in [9.17, 15) is 22.8 Å². The standard InChI is InChI=1S/C27H25F3N2O4/c28-27(29,30)21-10-6-9-20(17-21)26(13-15-35-16-14-26)25(34)32-31-24(33)18-36-23-12-5-4-11-22(23)19-7-2-1-3-8-19/h1-12,17H,13-16,18H2,(H,31,33)(H,32,34). The van der Waals surface area contributed by atoms with Crippen LogP contribution in [-0.4, -0.2) is 31.6 Å². The first-order chi connectivity index (χ1) is 17.3. The minimum absolute atomic E-state index is 0.178. The van der Waals surface area contributed by atoms with Crippen LogP contribution in [0.1, 0.15) is 24.0 Å². The molecule has 2 N–H and O–H groups in total. The molecule has 0 atom stereocenters. The molecule has 2 amide bonds. The molecule has 36 heavy (non-hydrogen) atoms. The van der Waals surface area contributed by atoms with Gasteiger partial charge in [0.1, 0.15) is 5.75 Å². The predicted octanol–water partition coefficient (Wildman–Crippen LogP) is 4.65. The van der Waals surface area contributed by atoms with Gasteiger partial charge in [-0.05, 0) is 36.1 Å². The lowest BCUT2D eigenvalue weighted by atomic mass is 9.73. The SMILES string of the molecule is O=C(COc1ccccc1-c1ccccc1)NNC(=O)C1(c2cccc(C(F)(F)F)c2)CCOCC1. The first-order valence-corrected chi connectivity index (χ1v) is 11.4. The second-order valence-electron chi connectivity index (χ2n) is 8.43. The zero-order valence-corrected chi connectivity index (χ0v) is 19.3. The van der Waals surface area contributed by atoms with Gasteiger partial charge in [0.15, 0.2) is 6.61 Å². The fraction of sp³-hybridized carbons (Fsp3) is 0.259. The van der Waals surface area contributed by atoms with Gasteiger partial charge in [-0.2, -0.15) is 13.2 Å². The highest BCUT2D eigenvalue weighted by Crippen LogP contribution is 2.38. The lowest BCUT2D eigenvalue weighted by molar-refractivity contribution is -0.138. The molecule has 6 nitrogen and oxygen atoms in total. The van der Waals surface area contributed by atoms with Crippen LogP contribution in [0.25, 0.3) is 11.1 Å². The van der Waals surface area contributed by atoms with Crippen LogP contribution in [0.3, 0.4) is 0 Å². The van der Waals surface area contributed by atoms with Crippen molar-refractivity contribution < 1.29 is 32.2 Å². The van der Waals surface area contributed by atoms with Gasteiger partial charge in [0.25, 0.3) is 5.91 Å². The maximum Gasteiger partial charge on any atom is 0.416 e. The summed E-state index contributed by atoms with van der Waals surface area (Å²) < 4.78 is 50.9. The van der Waals surface area contributed by atoms with Crippen molar-refractivity contribution >= 4 is 11.8 Å². The number of carbonyl (C=O) groups excluding carboxylic acids is 2. The van der Waals surface area contributed by atoms with Crippen molar-refractivity contribution in [3.8, 4) is 16.9 Å². The molecule has 0 saturated carbocycles. The normalized spacial score (nSPS) is 15.1. The Kier molecular flexibility index (Phi) is 7.59. The van der Waals surface area contributed by atoms with Gasteiger partial charge in [0.2, 0.25) is 5.91 Å². The van der Waals surface area contributed by atoms with E-state index in [1.165, 1.54) is 12.1 Å². The summed E-state index contributed by atoms with van der Waals surface area (Å²) in [6.07, 6.45) is -4.19. The molecule has 0 spiro atoms. The second kappa shape index (κ2) is 10.8. The summed E-state index contributed by atoms with van der Waals surface area (Å²) in [5, 5.41) is 0. The summed E-state index contributed by atoms with van der Waals surface area (Å²) in [4.78, 5) is 25.6. The van der Waals surface area contributed by atoms with E-state index in [1.807, 2.05) is 42.5 Å². The molecule has 1 fully saturated rings. The molecule has 3 aromatic carbocycles. The molecular formula is C27H25F3N2O4. The average molecular weight is 499 g/mol. The topological polar surface area (TPSA) is 76.7 Å². The molecule has 4 rings (SSSR count). The molecule has 1 aliphatic rings. The van der Waals surface area contributed by atoms with Gasteiger partial charge in [-0.3, -0.25) is 20.4 Å². The van der Waals surface area contributed by atoms with Crippen molar-refractivity contribution in [1.29, 1.82) is 0 Å². The van der Waals surface area contributed by atoms with Crippen LogP contribution < -0.4 is 15.6 Å². The monoisotopic (exact) mass is 498 g/mol. The summed E-state index contributed by atoms with van der Waals surface area (Å²) in [6, 6.07) is 21.5. The van der Waals surface area contributed by atoms with Crippen LogP contribution in [0, 0.1) is 0 Å². The smallest absolute Gasteiger partial charge is 0.416 e. The van der Waals surface area contributed by atoms with Crippen molar-refractivity contribution in [3.05, 3.63) is 90.0 Å². The van der Waals surface area contributed by atoms with E-state index in [0.29, 0.717) is 5.75 Å². The second-order valence-corrected chi connectivity index (χ2v) is 8.43. The Hall–Kier alpha value is -3.85. The Balaban J connectivity index is 1.43. The molecule has 1 heterocycles. The Morgan fingerprint density at radius 1 is 0.889 bits per heavy atom. The molecule has 3 aromatic rings. The number of rotatable bonds is 6. The van der Waals surface area contributed by atoms with Crippen LogP contribution in [0.15, 0.2) is 78.9 Å². The third kappa shape index (κ3) is 5.68. The number of halogens is 3. The third-order valence-corrected chi connectivity index (χ3v) is 6.17. The summed E-state index contributed by atoms with van der Waals surface area (Å²) >= 11 is 0. The molecular weight excluding hydrogens is 473 g/mol. The van der Waals surface area contributed by atoms with E-state index in [-0.39, 0.29) is 38.2 Å². The van der Waals surface area contributed by atoms with Gasteiger partial charge in [-0.15, -0.1) is 0 Å². The highest BCUT2D eigenvalue weighted by Gasteiger charge is 2.43. The first kappa shape index (κ1) is 25.2. The summed E-state index contributed by atoms with van der Waals surface area (Å²) in [5.41, 5.74) is 4.54. The quantitative estimate of drug-likeness (QED) is 0.486. The maximum atomic E-state index is 13.3. The molecule has 1 aliphatic heterocycles. The van der Waals surface area contributed by atoms with E-state index in [0.717, 1.165) is 23.3 Å². The largest absolute Gasteiger partial charge is 0.483 e. The molecule has 0 bridgehead atoms. The molecule has 0 unspecified atom stereocenters. The van der Waals surface area contributed by atoms with E-state index in [2.05, 4.69) is 10.9 Å². The number of ether oxygens (including phenoxy) is 2. The van der Waals surface area contributed by atoms with Gasteiger partial charge in [-0.25, -0.2) is 0 Å². The maximum absolute atomic E-state index is 13.3. The fourth-order valence-electron chi connectivity index (χ4n) is 4.23. The van der Waals surface area contributed by atoms with E-state index in [1.54, 1.807) is 12.1 Å². The molecule has 1 saturated heterocycles. The van der Waals surface area contributed by atoms with Crippen molar-refractivity contribution in [3.63, 3.8) is 0 Å². The first-order valence-electron chi connectivity index (χ1n) is 11.4. The lowest BCUT2D eigenvalue weighted by Crippen LogP contribution is -2.54. The number of hydrazine groups is 1. The number of hydrogen-bond donors (Lipinski definition) is 2. The highest BCUT2D eigenvalue weighted by atomic mass is 19.4. The van der Waals surface area contributed by atoms with E-state index >= 15 is 0 Å². The molecule has 0 aromatic heterocycles. The van der Waals surface area contributed by atoms with Gasteiger partial charge < -0.3 is 9.47 Å². The number of hydrogen-bond acceptors (Lipinski definition) is 4.